The Morgan fingerprint density at radius 3 is 1.00 bits per heavy atom. The summed E-state index contributed by atoms with van der Waals surface area (Å²) in [7, 11) is 0. The maximum absolute atomic E-state index is 0. The molecule has 0 heterocycles. The molecule has 0 amide bonds. The first kappa shape index (κ1) is 42.4. The quantitative estimate of drug-likeness (QED) is 0.276. The first-order valence-corrected chi connectivity index (χ1v) is 0. The average molecular weight is 682 g/mol. The van der Waals surface area contributed by atoms with Crippen molar-refractivity contribution >= 4 is 105 Å². The van der Waals surface area contributed by atoms with Crippen LogP contribution in [0, 0.1) is 0 Å². The normalized spacial score (nSPS) is 0. The number of hydrogen-bond acceptors (Lipinski definition) is 0. The van der Waals surface area contributed by atoms with Gasteiger partial charge in [0.05, 0.1) is 0 Å². The summed E-state index contributed by atoms with van der Waals surface area (Å²) in [5.74, 6) is 0. The van der Waals surface area contributed by atoms with E-state index in [1.807, 2.05) is 0 Å². The first-order valence-electron chi connectivity index (χ1n) is 0. The zero-order chi connectivity index (χ0) is 0. The molecule has 6 heavy (non-hydrogen) atoms. The third-order valence-electron chi connectivity index (χ3n) is 0. The summed E-state index contributed by atoms with van der Waals surface area (Å²) in [6, 6.07) is 0. The van der Waals surface area contributed by atoms with E-state index in [2.05, 4.69) is 0 Å². The predicted octanol–water partition coefficient (Wildman–Crippen LogP) is -1.42. The van der Waals surface area contributed by atoms with Crippen LogP contribution in [0.3, 0.4) is 0 Å². The molecule has 0 N–H and O–H groups in total. The summed E-state index contributed by atoms with van der Waals surface area (Å²) in [6.45, 7) is 0. The van der Waals surface area contributed by atoms with Gasteiger partial charge in [-0.15, -0.1) is 0 Å². The molecule has 0 aliphatic rings. The van der Waals surface area contributed by atoms with Gasteiger partial charge in [-0.3, -0.25) is 0 Å². The van der Waals surface area contributed by atoms with Crippen LogP contribution in [-0.4, -0.2) is 105 Å². The van der Waals surface area contributed by atoms with E-state index in [1.54, 1.807) is 0 Å². The third kappa shape index (κ3) is 22.8. The van der Waals surface area contributed by atoms with Crippen molar-refractivity contribution in [3.63, 3.8) is 0 Å². The average Bonchev–Trinajstić information content (AvgIpc) is 0. The minimum absolute atomic E-state index is 0. The van der Waals surface area contributed by atoms with Crippen LogP contribution in [0.4, 0.5) is 0 Å². The van der Waals surface area contributed by atoms with E-state index < -0.39 is 0 Å². The van der Waals surface area contributed by atoms with Crippen LogP contribution >= 0.6 is 0 Å². The van der Waals surface area contributed by atoms with Crippen molar-refractivity contribution in [2.24, 2.45) is 0 Å². The van der Waals surface area contributed by atoms with E-state index in [0.29, 0.717) is 0 Å². The van der Waals surface area contributed by atoms with Crippen molar-refractivity contribution < 1.29 is 60.9 Å². The fourth-order valence-electron chi connectivity index (χ4n) is 0. The molecule has 0 fully saturated rings. The first-order chi connectivity index (χ1) is 0. The Morgan fingerprint density at radius 1 is 1.00 bits per heavy atom. The Hall–Kier alpha value is 5.38. The molecular formula is HBiCdKMnNiPb. The molecule has 0 atom stereocenters. The van der Waals surface area contributed by atoms with Gasteiger partial charge in [-0.05, 0) is 0 Å². The van der Waals surface area contributed by atoms with Gasteiger partial charge in [0.25, 0.3) is 0 Å². The Kier molecular flexibility index (Phi) is 223. The summed E-state index contributed by atoms with van der Waals surface area (Å²) in [5, 5.41) is 0. The minimum Gasteiger partial charge on any atom is 0 e. The van der Waals surface area contributed by atoms with Crippen LogP contribution in [0.2, 0.25) is 0 Å². The van der Waals surface area contributed by atoms with E-state index in [-0.39, 0.29) is 166 Å². The van der Waals surface area contributed by atoms with Gasteiger partial charge in [0, 0.05) is 114 Å². The smallest absolute Gasteiger partial charge is 0 e. The number of hydrogen-bond donors (Lipinski definition) is 0. The molecule has 0 aromatic heterocycles. The van der Waals surface area contributed by atoms with Gasteiger partial charge in [0.15, 0.2) is 0 Å². The fourth-order valence-corrected chi connectivity index (χ4v) is 0. The largest absolute Gasteiger partial charge is 0 e. The summed E-state index contributed by atoms with van der Waals surface area (Å²) in [5.41, 5.74) is 0. The van der Waals surface area contributed by atoms with Crippen LogP contribution < -0.4 is 0 Å². The molecule has 6 heteroatoms. The van der Waals surface area contributed by atoms with Gasteiger partial charge in [-0.1, -0.05) is 0 Å². The van der Waals surface area contributed by atoms with Crippen molar-refractivity contribution in [2.75, 3.05) is 0 Å². The summed E-state index contributed by atoms with van der Waals surface area (Å²) >= 11 is 0. The van der Waals surface area contributed by atoms with Crippen LogP contribution in [-0.2, 0) is 60.9 Å². The Bertz CT molecular complexity index is 15.5. The summed E-state index contributed by atoms with van der Waals surface area (Å²) in [6.07, 6.45) is 0. The number of rotatable bonds is 0. The fraction of sp³-hybridized carbons (Fsp3) is 0. The third-order valence-corrected chi connectivity index (χ3v) is 0. The molecule has 0 aromatic rings. The van der Waals surface area contributed by atoms with Gasteiger partial charge < -0.3 is 0 Å². The SMILES string of the molecule is [Bi].[Cd].[KH].[Mn].[Ni].[Pb]. The van der Waals surface area contributed by atoms with E-state index in [0.717, 1.165) is 0 Å². The van der Waals surface area contributed by atoms with Gasteiger partial charge in [0.1, 0.15) is 0 Å². The van der Waals surface area contributed by atoms with Crippen molar-refractivity contribution in [1.29, 1.82) is 0 Å². The predicted molar refractivity (Wildman–Crippen MR) is 18.7 cm³/mol. The maximum Gasteiger partial charge on any atom is 0 e. The molecule has 0 aliphatic heterocycles. The van der Waals surface area contributed by atoms with Crippen LogP contribution in [0.5, 0.6) is 0 Å². The topological polar surface area (TPSA) is 0 Å². The van der Waals surface area contributed by atoms with Crippen molar-refractivity contribution in [1.82, 2.24) is 0 Å². The summed E-state index contributed by atoms with van der Waals surface area (Å²) in [4.78, 5) is 0. The molecule has 0 rings (SSSR count). The summed E-state index contributed by atoms with van der Waals surface area (Å²) < 4.78 is 0. The van der Waals surface area contributed by atoms with Crippen LogP contribution in [0.15, 0.2) is 0 Å². The molecule has 0 bridgehead atoms. The molecule has 8 radical (unpaired) electrons. The van der Waals surface area contributed by atoms with E-state index in [4.69, 9.17) is 0 Å². The molecule has 0 saturated carbocycles. The standard InChI is InChI=1S/Bi.Cd.K.Mn.Ni.Pb.H. The van der Waals surface area contributed by atoms with Crippen LogP contribution in [0.1, 0.15) is 0 Å². The zero-order valence-corrected chi connectivity index (χ0v) is 15.9. The molecular weight excluding hydrogens is 681 g/mol. The van der Waals surface area contributed by atoms with E-state index in [9.17, 15) is 0 Å². The van der Waals surface area contributed by atoms with Crippen molar-refractivity contribution in [2.45, 2.75) is 0 Å². The van der Waals surface area contributed by atoms with Crippen molar-refractivity contribution in [3.8, 4) is 0 Å². The molecule has 0 aromatic carbocycles. The molecule has 0 aliphatic carbocycles. The molecule has 0 unspecified atom stereocenters. The Morgan fingerprint density at radius 2 is 1.00 bits per heavy atom. The van der Waals surface area contributed by atoms with Crippen molar-refractivity contribution in [3.05, 3.63) is 0 Å². The van der Waals surface area contributed by atoms with Gasteiger partial charge in [0.2, 0.25) is 0 Å². The Labute approximate surface area is 161 Å². The van der Waals surface area contributed by atoms with Gasteiger partial charge in [-0.25, -0.2) is 0 Å². The van der Waals surface area contributed by atoms with Gasteiger partial charge in [-0.2, -0.15) is 0 Å². The second-order valence-electron chi connectivity index (χ2n) is 0. The zero-order valence-electron chi connectivity index (χ0n) is 2.35. The maximum atomic E-state index is 0. The van der Waals surface area contributed by atoms with E-state index in [1.165, 1.54) is 0 Å². The second kappa shape index (κ2) is 31.6. The molecule has 0 nitrogen and oxygen atoms in total. The van der Waals surface area contributed by atoms with Gasteiger partial charge >= 0.3 is 51.4 Å². The second-order valence-corrected chi connectivity index (χ2v) is 0. The van der Waals surface area contributed by atoms with Crippen LogP contribution in [0.25, 0.3) is 0 Å². The molecule has 0 saturated heterocycles. The van der Waals surface area contributed by atoms with E-state index >= 15 is 0 Å². The monoisotopic (exact) mass is 684 g/mol. The molecule has 30 valence electrons. The molecule has 0 spiro atoms. The minimum atomic E-state index is 0. The Balaban J connectivity index is 0.